The van der Waals surface area contributed by atoms with Crippen LogP contribution < -0.4 is 10.9 Å². The second kappa shape index (κ2) is 7.67. The number of thioether (sulfide) groups is 1. The Morgan fingerprint density at radius 2 is 2.21 bits per heavy atom. The quantitative estimate of drug-likeness (QED) is 0.595. The van der Waals surface area contributed by atoms with E-state index in [0.717, 1.165) is 62.2 Å². The summed E-state index contributed by atoms with van der Waals surface area (Å²) in [4.78, 5) is 21.3. The molecule has 0 spiro atoms. The fourth-order valence-electron chi connectivity index (χ4n) is 2.14. The third kappa shape index (κ3) is 4.97. The molecule has 2 N–H and O–H groups in total. The third-order valence-corrected chi connectivity index (χ3v) is 3.99. The van der Waals surface area contributed by atoms with E-state index in [4.69, 9.17) is 0 Å². The molecule has 0 amide bonds. The number of aromatic amines is 1. The smallest absolute Gasteiger partial charge is 0.251 e. The van der Waals surface area contributed by atoms with Crippen molar-refractivity contribution >= 4 is 11.8 Å². The Kier molecular flexibility index (Phi) is 5.88. The zero-order valence-electron chi connectivity index (χ0n) is 11.4. The van der Waals surface area contributed by atoms with E-state index in [0.29, 0.717) is 0 Å². The van der Waals surface area contributed by atoms with Crippen molar-refractivity contribution in [3.05, 3.63) is 22.1 Å². The van der Waals surface area contributed by atoms with Crippen molar-refractivity contribution < 1.29 is 0 Å². The van der Waals surface area contributed by atoms with Gasteiger partial charge in [0.2, 0.25) is 0 Å². The van der Waals surface area contributed by atoms with Gasteiger partial charge in [0.25, 0.3) is 5.56 Å². The molecule has 0 aliphatic carbocycles. The van der Waals surface area contributed by atoms with Gasteiger partial charge in [0, 0.05) is 50.2 Å². The molecule has 2 heterocycles. The number of rotatable bonds is 6. The van der Waals surface area contributed by atoms with Crippen LogP contribution in [0.25, 0.3) is 0 Å². The van der Waals surface area contributed by atoms with Gasteiger partial charge < -0.3 is 10.3 Å². The standard InChI is InChI=1S/C13H22N4OS/c1-2-3-11-10-12(18)16-13(15-11)19-9-8-17-6-4-14-5-7-17/h10,14H,2-9H2,1H3,(H,15,16,18). The Bertz CT molecular complexity index is 443. The molecule has 0 atom stereocenters. The van der Waals surface area contributed by atoms with Gasteiger partial charge in [-0.2, -0.15) is 0 Å². The van der Waals surface area contributed by atoms with Gasteiger partial charge in [0.1, 0.15) is 0 Å². The predicted octanol–water partition coefficient (Wildman–Crippen LogP) is 0.720. The number of piperazine rings is 1. The molecule has 106 valence electrons. The van der Waals surface area contributed by atoms with Crippen LogP contribution in [0.2, 0.25) is 0 Å². The van der Waals surface area contributed by atoms with Crippen molar-refractivity contribution in [3.8, 4) is 0 Å². The Balaban J connectivity index is 1.82. The monoisotopic (exact) mass is 282 g/mol. The van der Waals surface area contributed by atoms with Gasteiger partial charge >= 0.3 is 0 Å². The second-order valence-electron chi connectivity index (χ2n) is 4.73. The highest BCUT2D eigenvalue weighted by Crippen LogP contribution is 2.12. The van der Waals surface area contributed by atoms with Gasteiger partial charge in [-0.25, -0.2) is 4.98 Å². The first kappa shape index (κ1) is 14.6. The summed E-state index contributed by atoms with van der Waals surface area (Å²) in [6.07, 6.45) is 1.89. The number of H-pyrrole nitrogens is 1. The molecule has 19 heavy (non-hydrogen) atoms. The van der Waals surface area contributed by atoms with E-state index in [2.05, 4.69) is 27.1 Å². The molecule has 1 fully saturated rings. The molecule has 1 aliphatic heterocycles. The second-order valence-corrected chi connectivity index (χ2v) is 5.82. The van der Waals surface area contributed by atoms with E-state index in [1.807, 2.05) is 0 Å². The summed E-state index contributed by atoms with van der Waals surface area (Å²) in [5.74, 6) is 0.971. The van der Waals surface area contributed by atoms with Gasteiger partial charge in [-0.3, -0.25) is 9.69 Å². The van der Waals surface area contributed by atoms with Crippen LogP contribution in [-0.4, -0.2) is 53.3 Å². The number of aryl methyl sites for hydroxylation is 1. The van der Waals surface area contributed by atoms with Gasteiger partial charge in [-0.1, -0.05) is 25.1 Å². The number of nitrogens with zero attached hydrogens (tertiary/aromatic N) is 2. The number of hydrogen-bond donors (Lipinski definition) is 2. The molecule has 0 unspecified atom stereocenters. The van der Waals surface area contributed by atoms with Gasteiger partial charge in [-0.15, -0.1) is 0 Å². The summed E-state index contributed by atoms with van der Waals surface area (Å²) in [5.41, 5.74) is 0.860. The predicted molar refractivity (Wildman–Crippen MR) is 78.9 cm³/mol. The lowest BCUT2D eigenvalue weighted by Crippen LogP contribution is -2.44. The molecule has 1 aromatic heterocycles. The van der Waals surface area contributed by atoms with E-state index in [1.54, 1.807) is 17.8 Å². The molecule has 0 aromatic carbocycles. The highest BCUT2D eigenvalue weighted by Gasteiger charge is 2.09. The van der Waals surface area contributed by atoms with Crippen molar-refractivity contribution in [2.45, 2.75) is 24.9 Å². The van der Waals surface area contributed by atoms with Crippen LogP contribution in [0.4, 0.5) is 0 Å². The maximum atomic E-state index is 11.5. The summed E-state index contributed by atoms with van der Waals surface area (Å²) in [7, 11) is 0. The van der Waals surface area contributed by atoms with Crippen LogP contribution in [0.5, 0.6) is 0 Å². The molecule has 2 rings (SSSR count). The van der Waals surface area contributed by atoms with Crippen molar-refractivity contribution in [1.29, 1.82) is 0 Å². The molecule has 0 bridgehead atoms. The minimum atomic E-state index is -0.0388. The summed E-state index contributed by atoms with van der Waals surface area (Å²) in [6, 6.07) is 1.60. The maximum Gasteiger partial charge on any atom is 0.251 e. The molecule has 1 aromatic rings. The van der Waals surface area contributed by atoms with E-state index >= 15 is 0 Å². The lowest BCUT2D eigenvalue weighted by atomic mass is 10.2. The van der Waals surface area contributed by atoms with Crippen LogP contribution in [0, 0.1) is 0 Å². The van der Waals surface area contributed by atoms with Crippen LogP contribution in [0.1, 0.15) is 19.0 Å². The van der Waals surface area contributed by atoms with Crippen LogP contribution in [-0.2, 0) is 6.42 Å². The summed E-state index contributed by atoms with van der Waals surface area (Å²) in [5, 5.41) is 4.10. The zero-order chi connectivity index (χ0) is 13.5. The SMILES string of the molecule is CCCc1cc(=O)[nH]c(SCCN2CCNCC2)n1. The highest BCUT2D eigenvalue weighted by molar-refractivity contribution is 7.99. The van der Waals surface area contributed by atoms with Crippen molar-refractivity contribution in [2.24, 2.45) is 0 Å². The largest absolute Gasteiger partial charge is 0.314 e. The number of nitrogens with one attached hydrogen (secondary N) is 2. The van der Waals surface area contributed by atoms with Crippen LogP contribution in [0.15, 0.2) is 16.0 Å². The number of aromatic nitrogens is 2. The Labute approximate surface area is 118 Å². The molecule has 0 radical (unpaired) electrons. The minimum absolute atomic E-state index is 0.0388. The zero-order valence-corrected chi connectivity index (χ0v) is 12.3. The normalized spacial score (nSPS) is 16.7. The highest BCUT2D eigenvalue weighted by atomic mass is 32.2. The van der Waals surface area contributed by atoms with Gasteiger partial charge in [-0.05, 0) is 6.42 Å². The van der Waals surface area contributed by atoms with E-state index in [-0.39, 0.29) is 5.56 Å². The molecular formula is C13H22N4OS. The average molecular weight is 282 g/mol. The summed E-state index contributed by atoms with van der Waals surface area (Å²) in [6.45, 7) is 7.52. The Hall–Kier alpha value is -0.850. The van der Waals surface area contributed by atoms with Crippen molar-refractivity contribution in [1.82, 2.24) is 20.2 Å². The van der Waals surface area contributed by atoms with E-state index < -0.39 is 0 Å². The Morgan fingerprint density at radius 3 is 2.95 bits per heavy atom. The first-order valence-corrected chi connectivity index (χ1v) is 7.92. The third-order valence-electron chi connectivity index (χ3n) is 3.14. The fraction of sp³-hybridized carbons (Fsp3) is 0.692. The first-order valence-electron chi connectivity index (χ1n) is 6.94. The lowest BCUT2D eigenvalue weighted by Gasteiger charge is -2.26. The minimum Gasteiger partial charge on any atom is -0.314 e. The average Bonchev–Trinajstić information content (AvgIpc) is 2.40. The topological polar surface area (TPSA) is 61.0 Å². The fourth-order valence-corrected chi connectivity index (χ4v) is 3.04. The summed E-state index contributed by atoms with van der Waals surface area (Å²) >= 11 is 1.64. The van der Waals surface area contributed by atoms with Crippen LogP contribution >= 0.6 is 11.8 Å². The molecule has 1 aliphatic rings. The maximum absolute atomic E-state index is 11.5. The Morgan fingerprint density at radius 1 is 1.42 bits per heavy atom. The first-order chi connectivity index (χ1) is 9.28. The molecule has 1 saturated heterocycles. The van der Waals surface area contributed by atoms with Gasteiger partial charge in [0.15, 0.2) is 5.16 Å². The van der Waals surface area contributed by atoms with Crippen LogP contribution in [0.3, 0.4) is 0 Å². The van der Waals surface area contributed by atoms with Gasteiger partial charge in [0.05, 0.1) is 0 Å². The van der Waals surface area contributed by atoms with Crippen molar-refractivity contribution in [2.75, 3.05) is 38.5 Å². The summed E-state index contributed by atoms with van der Waals surface area (Å²) < 4.78 is 0. The lowest BCUT2D eigenvalue weighted by molar-refractivity contribution is 0.255. The molecule has 0 saturated carbocycles. The molecule has 6 heteroatoms. The van der Waals surface area contributed by atoms with Crippen molar-refractivity contribution in [3.63, 3.8) is 0 Å². The molecule has 5 nitrogen and oxygen atoms in total. The number of hydrogen-bond acceptors (Lipinski definition) is 5. The molecular weight excluding hydrogens is 260 g/mol. The van der Waals surface area contributed by atoms with E-state index in [1.165, 1.54) is 0 Å². The van der Waals surface area contributed by atoms with E-state index in [9.17, 15) is 4.79 Å².